The number of carbonyl (C=O) groups excluding carboxylic acids is 1. The van der Waals surface area contributed by atoms with Crippen LogP contribution in [0.4, 0.5) is 0 Å². The number of amides is 1. The van der Waals surface area contributed by atoms with E-state index in [0.29, 0.717) is 5.56 Å². The van der Waals surface area contributed by atoms with Crippen molar-refractivity contribution < 1.29 is 14.7 Å². The summed E-state index contributed by atoms with van der Waals surface area (Å²) in [7, 11) is 0. The van der Waals surface area contributed by atoms with E-state index < -0.39 is 17.9 Å². The van der Waals surface area contributed by atoms with Crippen LogP contribution in [0.1, 0.15) is 22.1 Å². The van der Waals surface area contributed by atoms with Gasteiger partial charge in [-0.1, -0.05) is 41.9 Å². The van der Waals surface area contributed by atoms with Gasteiger partial charge in [-0.05, 0) is 5.56 Å². The van der Waals surface area contributed by atoms with Crippen LogP contribution in [0.3, 0.4) is 0 Å². The van der Waals surface area contributed by atoms with Crippen LogP contribution in [-0.4, -0.2) is 27.0 Å². The van der Waals surface area contributed by atoms with Gasteiger partial charge < -0.3 is 10.4 Å². The fourth-order valence-corrected chi connectivity index (χ4v) is 1.74. The number of aromatic nitrogens is 2. The third-order valence-electron chi connectivity index (χ3n) is 2.49. The Labute approximate surface area is 119 Å². The van der Waals surface area contributed by atoms with Gasteiger partial charge in [-0.2, -0.15) is 0 Å². The molecule has 0 fully saturated rings. The van der Waals surface area contributed by atoms with E-state index in [0.717, 1.165) is 0 Å². The normalized spacial score (nSPS) is 11.7. The summed E-state index contributed by atoms with van der Waals surface area (Å²) in [6.45, 7) is 0. The minimum atomic E-state index is -1.17. The molecule has 2 N–H and O–H groups in total. The van der Waals surface area contributed by atoms with E-state index >= 15 is 0 Å². The molecule has 0 aliphatic carbocycles. The van der Waals surface area contributed by atoms with Crippen molar-refractivity contribution in [2.75, 3.05) is 0 Å². The Kier molecular flexibility index (Phi) is 4.27. The fraction of sp³-hybridized carbons (Fsp3) is 0.0769. The number of halogens is 1. The summed E-state index contributed by atoms with van der Waals surface area (Å²) in [5, 5.41) is 11.6. The van der Waals surface area contributed by atoms with Crippen LogP contribution >= 0.6 is 11.6 Å². The lowest BCUT2D eigenvalue weighted by molar-refractivity contribution is -0.139. The van der Waals surface area contributed by atoms with Crippen molar-refractivity contribution in [3.05, 3.63) is 59.1 Å². The number of carboxylic acids is 1. The predicted molar refractivity (Wildman–Crippen MR) is 71.3 cm³/mol. The molecule has 1 atom stereocenters. The van der Waals surface area contributed by atoms with E-state index in [2.05, 4.69) is 15.3 Å². The lowest BCUT2D eigenvalue weighted by Gasteiger charge is -2.14. The smallest absolute Gasteiger partial charge is 0.330 e. The highest BCUT2D eigenvalue weighted by molar-refractivity contribution is 6.29. The lowest BCUT2D eigenvalue weighted by Crippen LogP contribution is -2.34. The van der Waals surface area contributed by atoms with Crippen LogP contribution in [0.25, 0.3) is 0 Å². The first kappa shape index (κ1) is 14.0. The van der Waals surface area contributed by atoms with Crippen molar-refractivity contribution in [2.24, 2.45) is 0 Å². The second-order valence-electron chi connectivity index (χ2n) is 3.88. The molecule has 102 valence electrons. The SMILES string of the molecule is O=C(NC(C(=O)O)c1ccccc1)c1cncc(Cl)n1. The van der Waals surface area contributed by atoms with Crippen molar-refractivity contribution in [1.82, 2.24) is 15.3 Å². The lowest BCUT2D eigenvalue weighted by atomic mass is 10.1. The molecule has 0 spiro atoms. The highest BCUT2D eigenvalue weighted by Crippen LogP contribution is 2.13. The molecule has 2 rings (SSSR count). The van der Waals surface area contributed by atoms with Gasteiger partial charge in [0.2, 0.25) is 0 Å². The number of rotatable bonds is 4. The van der Waals surface area contributed by atoms with Gasteiger partial charge in [-0.25, -0.2) is 9.78 Å². The van der Waals surface area contributed by atoms with E-state index in [-0.39, 0.29) is 10.8 Å². The van der Waals surface area contributed by atoms with E-state index in [4.69, 9.17) is 11.6 Å². The minimum Gasteiger partial charge on any atom is -0.479 e. The first-order chi connectivity index (χ1) is 9.58. The number of carboxylic acid groups (broad SMARTS) is 1. The maximum absolute atomic E-state index is 11.9. The number of benzene rings is 1. The van der Waals surface area contributed by atoms with Crippen LogP contribution in [0.15, 0.2) is 42.7 Å². The number of hydrogen-bond donors (Lipinski definition) is 2. The Morgan fingerprint density at radius 1 is 1.20 bits per heavy atom. The topological polar surface area (TPSA) is 92.2 Å². The molecule has 1 heterocycles. The second kappa shape index (κ2) is 6.12. The Bertz CT molecular complexity index is 634. The molecule has 0 bridgehead atoms. The third kappa shape index (κ3) is 3.30. The average Bonchev–Trinajstić information content (AvgIpc) is 2.45. The average molecular weight is 292 g/mol. The summed E-state index contributed by atoms with van der Waals surface area (Å²) in [6, 6.07) is 7.20. The molecule has 1 aromatic carbocycles. The van der Waals surface area contributed by atoms with Crippen molar-refractivity contribution >= 4 is 23.5 Å². The molecule has 20 heavy (non-hydrogen) atoms. The monoisotopic (exact) mass is 291 g/mol. The van der Waals surface area contributed by atoms with Crippen LogP contribution in [0.5, 0.6) is 0 Å². The molecule has 7 heteroatoms. The molecule has 0 aliphatic heterocycles. The minimum absolute atomic E-state index is 0.0420. The zero-order valence-corrected chi connectivity index (χ0v) is 10.9. The zero-order chi connectivity index (χ0) is 14.5. The standard InChI is InChI=1S/C13H10ClN3O3/c14-10-7-15-6-9(16-10)12(18)17-11(13(19)20)8-4-2-1-3-5-8/h1-7,11H,(H,17,18)(H,19,20). The van der Waals surface area contributed by atoms with Crippen molar-refractivity contribution in [1.29, 1.82) is 0 Å². The maximum atomic E-state index is 11.9. The van der Waals surface area contributed by atoms with Gasteiger partial charge >= 0.3 is 5.97 Å². The molecular formula is C13H10ClN3O3. The highest BCUT2D eigenvalue weighted by atomic mass is 35.5. The quantitative estimate of drug-likeness (QED) is 0.894. The first-order valence-electron chi connectivity index (χ1n) is 5.64. The number of aliphatic carboxylic acids is 1. The second-order valence-corrected chi connectivity index (χ2v) is 4.27. The molecule has 2 aromatic rings. The largest absolute Gasteiger partial charge is 0.479 e. The Morgan fingerprint density at radius 2 is 1.90 bits per heavy atom. The number of hydrogen-bond acceptors (Lipinski definition) is 4. The summed E-state index contributed by atoms with van der Waals surface area (Å²) >= 11 is 5.64. The van der Waals surface area contributed by atoms with Gasteiger partial charge in [0.1, 0.15) is 10.8 Å². The Balaban J connectivity index is 2.21. The fourth-order valence-electron chi connectivity index (χ4n) is 1.59. The Hall–Kier alpha value is -2.47. The van der Waals surface area contributed by atoms with Crippen LogP contribution < -0.4 is 5.32 Å². The summed E-state index contributed by atoms with van der Waals surface area (Å²) in [5.74, 6) is -1.82. The van der Waals surface area contributed by atoms with E-state index in [1.165, 1.54) is 12.4 Å². The molecule has 0 aliphatic rings. The van der Waals surface area contributed by atoms with E-state index in [1.54, 1.807) is 30.3 Å². The maximum Gasteiger partial charge on any atom is 0.330 e. The van der Waals surface area contributed by atoms with Gasteiger partial charge in [0.25, 0.3) is 5.91 Å². The number of nitrogens with zero attached hydrogens (tertiary/aromatic N) is 2. The van der Waals surface area contributed by atoms with Gasteiger partial charge in [0.15, 0.2) is 6.04 Å². The highest BCUT2D eigenvalue weighted by Gasteiger charge is 2.23. The van der Waals surface area contributed by atoms with Gasteiger partial charge in [-0.3, -0.25) is 9.78 Å². The molecule has 0 radical (unpaired) electrons. The molecule has 1 unspecified atom stereocenters. The molecule has 6 nitrogen and oxygen atoms in total. The van der Waals surface area contributed by atoms with E-state index in [9.17, 15) is 14.7 Å². The van der Waals surface area contributed by atoms with Crippen molar-refractivity contribution in [3.8, 4) is 0 Å². The predicted octanol–water partition coefficient (Wildman–Crippen LogP) is 1.69. The Morgan fingerprint density at radius 3 is 2.50 bits per heavy atom. The number of nitrogens with one attached hydrogen (secondary N) is 1. The molecule has 0 saturated carbocycles. The van der Waals surface area contributed by atoms with Crippen molar-refractivity contribution in [3.63, 3.8) is 0 Å². The summed E-state index contributed by atoms with van der Waals surface area (Å²) in [6.07, 6.45) is 2.50. The molecule has 0 saturated heterocycles. The summed E-state index contributed by atoms with van der Waals surface area (Å²) < 4.78 is 0. The number of carbonyl (C=O) groups is 2. The summed E-state index contributed by atoms with van der Waals surface area (Å²) in [4.78, 5) is 30.7. The molecular weight excluding hydrogens is 282 g/mol. The zero-order valence-electron chi connectivity index (χ0n) is 10.2. The van der Waals surface area contributed by atoms with E-state index in [1.807, 2.05) is 0 Å². The first-order valence-corrected chi connectivity index (χ1v) is 6.02. The van der Waals surface area contributed by atoms with Crippen LogP contribution in [0, 0.1) is 0 Å². The summed E-state index contributed by atoms with van der Waals surface area (Å²) in [5.41, 5.74) is 0.419. The van der Waals surface area contributed by atoms with Gasteiger partial charge in [0.05, 0.1) is 12.4 Å². The third-order valence-corrected chi connectivity index (χ3v) is 2.68. The van der Waals surface area contributed by atoms with Crippen LogP contribution in [-0.2, 0) is 4.79 Å². The molecule has 1 aromatic heterocycles. The van der Waals surface area contributed by atoms with Crippen LogP contribution in [0.2, 0.25) is 5.15 Å². The van der Waals surface area contributed by atoms with Gasteiger partial charge in [0, 0.05) is 0 Å². The van der Waals surface area contributed by atoms with Crippen molar-refractivity contribution in [2.45, 2.75) is 6.04 Å². The van der Waals surface area contributed by atoms with Gasteiger partial charge in [-0.15, -0.1) is 0 Å². The molecule has 1 amide bonds.